The largest absolute Gasteiger partial charge is 0.463 e. The molecule has 2 rings (SSSR count). The van der Waals surface area contributed by atoms with Gasteiger partial charge in [0.1, 0.15) is 6.61 Å². The van der Waals surface area contributed by atoms with Gasteiger partial charge in [0.05, 0.1) is 17.4 Å². The minimum Gasteiger partial charge on any atom is -0.463 e. The molecule has 0 aliphatic rings. The molecule has 39 heavy (non-hydrogen) atoms. The predicted molar refractivity (Wildman–Crippen MR) is 130 cm³/mol. The summed E-state index contributed by atoms with van der Waals surface area (Å²) in [5, 5.41) is 9.01. The standard InChI is InChI=1S/C26H30F4O8S/c1-5-25(3,23(32)37-12-11-31)14-26(4,13-15(2)16-9-7-6-8-10-16)24(33)38-21-17(27)19(29)22(39(34,35)36)20(30)18(21)28/h6-10,15,31H,5,11-14H2,1-4H3,(H,34,35,36). The van der Waals surface area contributed by atoms with Gasteiger partial charge < -0.3 is 14.6 Å². The maximum atomic E-state index is 14.6. The minimum atomic E-state index is -5.71. The van der Waals surface area contributed by atoms with E-state index < -0.39 is 73.4 Å². The van der Waals surface area contributed by atoms with Gasteiger partial charge in [0.25, 0.3) is 0 Å². The van der Waals surface area contributed by atoms with Gasteiger partial charge >= 0.3 is 22.1 Å². The zero-order valence-corrected chi connectivity index (χ0v) is 22.6. The molecule has 8 nitrogen and oxygen atoms in total. The lowest BCUT2D eigenvalue weighted by Gasteiger charge is -2.37. The minimum absolute atomic E-state index is 0.0595. The van der Waals surface area contributed by atoms with E-state index in [2.05, 4.69) is 0 Å². The van der Waals surface area contributed by atoms with E-state index in [0.29, 0.717) is 0 Å². The molecule has 0 saturated heterocycles. The van der Waals surface area contributed by atoms with Crippen molar-refractivity contribution in [3.05, 3.63) is 59.2 Å². The van der Waals surface area contributed by atoms with Gasteiger partial charge in [-0.2, -0.15) is 17.2 Å². The van der Waals surface area contributed by atoms with Crippen molar-refractivity contribution < 1.29 is 54.7 Å². The number of aliphatic hydroxyl groups excluding tert-OH is 1. The first kappa shape index (κ1) is 32.2. The van der Waals surface area contributed by atoms with Crippen LogP contribution in [0.5, 0.6) is 5.75 Å². The number of benzene rings is 2. The van der Waals surface area contributed by atoms with Gasteiger partial charge in [-0.1, -0.05) is 44.2 Å². The Labute approximate surface area is 223 Å². The van der Waals surface area contributed by atoms with Crippen LogP contribution in [0.4, 0.5) is 17.6 Å². The quantitative estimate of drug-likeness (QED) is 0.119. The Balaban J connectivity index is 2.59. The number of carbonyl (C=O) groups is 2. The molecule has 0 amide bonds. The van der Waals surface area contributed by atoms with E-state index in [9.17, 15) is 35.6 Å². The summed E-state index contributed by atoms with van der Waals surface area (Å²) in [6.45, 7) is 5.43. The number of halogens is 4. The summed E-state index contributed by atoms with van der Waals surface area (Å²) in [6.07, 6.45) is -0.223. The molecule has 2 aromatic carbocycles. The molecular formula is C26H30F4O8S. The van der Waals surface area contributed by atoms with Gasteiger partial charge in [-0.05, 0) is 44.6 Å². The summed E-state index contributed by atoms with van der Waals surface area (Å²) in [5.74, 6) is -14.0. The van der Waals surface area contributed by atoms with E-state index in [0.717, 1.165) is 5.56 Å². The Morgan fingerprint density at radius 1 is 0.949 bits per heavy atom. The van der Waals surface area contributed by atoms with Gasteiger partial charge in [-0.15, -0.1) is 0 Å². The average Bonchev–Trinajstić information content (AvgIpc) is 2.87. The first-order valence-corrected chi connectivity index (χ1v) is 13.3. The zero-order valence-electron chi connectivity index (χ0n) is 21.8. The first-order chi connectivity index (χ1) is 18.0. The van der Waals surface area contributed by atoms with Crippen molar-refractivity contribution in [2.75, 3.05) is 13.2 Å². The Kier molecular flexibility index (Phi) is 10.3. The zero-order chi connectivity index (χ0) is 29.8. The van der Waals surface area contributed by atoms with Crippen LogP contribution < -0.4 is 4.74 Å². The number of esters is 2. The summed E-state index contributed by atoms with van der Waals surface area (Å²) < 4.78 is 99.3. The van der Waals surface area contributed by atoms with E-state index in [4.69, 9.17) is 19.1 Å². The van der Waals surface area contributed by atoms with E-state index in [1.165, 1.54) is 13.8 Å². The third kappa shape index (κ3) is 7.14. The lowest BCUT2D eigenvalue weighted by atomic mass is 9.67. The van der Waals surface area contributed by atoms with Crippen LogP contribution in [-0.2, 0) is 24.4 Å². The maximum absolute atomic E-state index is 14.6. The monoisotopic (exact) mass is 578 g/mol. The van der Waals surface area contributed by atoms with Crippen molar-refractivity contribution in [2.45, 2.75) is 57.8 Å². The maximum Gasteiger partial charge on any atom is 0.317 e. The van der Waals surface area contributed by atoms with E-state index in [1.54, 1.807) is 44.2 Å². The third-order valence-corrected chi connectivity index (χ3v) is 7.51. The summed E-state index contributed by atoms with van der Waals surface area (Å²) in [4.78, 5) is 24.0. The fourth-order valence-corrected chi connectivity index (χ4v) is 5.07. The van der Waals surface area contributed by atoms with Gasteiger partial charge in [0, 0.05) is 0 Å². The molecule has 0 aliphatic carbocycles. The molecule has 0 saturated carbocycles. The topological polar surface area (TPSA) is 127 Å². The Bertz CT molecular complexity index is 1290. The van der Waals surface area contributed by atoms with Crippen LogP contribution in [0.3, 0.4) is 0 Å². The number of ether oxygens (including phenoxy) is 2. The first-order valence-electron chi connectivity index (χ1n) is 11.9. The second-order valence-electron chi connectivity index (χ2n) is 9.81. The molecule has 0 spiro atoms. The molecule has 216 valence electrons. The average molecular weight is 579 g/mol. The van der Waals surface area contributed by atoms with Crippen LogP contribution in [0, 0.1) is 34.1 Å². The third-order valence-electron chi connectivity index (χ3n) is 6.63. The summed E-state index contributed by atoms with van der Waals surface area (Å²) in [5.41, 5.74) is -2.31. The van der Waals surface area contributed by atoms with E-state index >= 15 is 0 Å². The number of hydrogen-bond donors (Lipinski definition) is 2. The fraction of sp³-hybridized carbons (Fsp3) is 0.462. The van der Waals surface area contributed by atoms with Crippen molar-refractivity contribution >= 4 is 22.1 Å². The van der Waals surface area contributed by atoms with Crippen LogP contribution in [0.25, 0.3) is 0 Å². The van der Waals surface area contributed by atoms with Crippen LogP contribution in [-0.4, -0.2) is 43.2 Å². The summed E-state index contributed by atoms with van der Waals surface area (Å²) in [6, 6.07) is 8.79. The molecule has 0 radical (unpaired) electrons. The number of carbonyl (C=O) groups excluding carboxylic acids is 2. The van der Waals surface area contributed by atoms with Crippen molar-refractivity contribution in [1.82, 2.24) is 0 Å². The Hall–Kier alpha value is -3.03. The lowest BCUT2D eigenvalue weighted by molar-refractivity contribution is -0.161. The number of hydrogen-bond acceptors (Lipinski definition) is 7. The van der Waals surface area contributed by atoms with E-state index in [1.807, 2.05) is 0 Å². The Morgan fingerprint density at radius 2 is 1.49 bits per heavy atom. The van der Waals surface area contributed by atoms with Crippen LogP contribution >= 0.6 is 0 Å². The highest BCUT2D eigenvalue weighted by atomic mass is 32.2. The lowest BCUT2D eigenvalue weighted by Crippen LogP contribution is -2.42. The SMILES string of the molecule is CCC(C)(CC(C)(CC(C)c1ccccc1)C(=O)Oc1c(F)c(F)c(S(=O)(=O)O)c(F)c1F)C(=O)OCCO. The van der Waals surface area contributed by atoms with Gasteiger partial charge in [0.2, 0.25) is 17.4 Å². The molecule has 3 unspecified atom stereocenters. The molecule has 0 bridgehead atoms. The second kappa shape index (κ2) is 12.4. The molecule has 0 aliphatic heterocycles. The normalized spacial score (nSPS) is 15.6. The predicted octanol–water partition coefficient (Wildman–Crippen LogP) is 4.94. The van der Waals surface area contributed by atoms with Gasteiger partial charge in [-0.25, -0.2) is 8.78 Å². The van der Waals surface area contributed by atoms with Crippen molar-refractivity contribution in [1.29, 1.82) is 0 Å². The summed E-state index contributed by atoms with van der Waals surface area (Å²) >= 11 is 0. The molecular weight excluding hydrogens is 548 g/mol. The molecule has 0 heterocycles. The van der Waals surface area contributed by atoms with Gasteiger partial charge in [0.15, 0.2) is 16.5 Å². The van der Waals surface area contributed by atoms with Crippen LogP contribution in [0.15, 0.2) is 35.2 Å². The van der Waals surface area contributed by atoms with Crippen molar-refractivity contribution in [3.63, 3.8) is 0 Å². The molecule has 13 heteroatoms. The summed E-state index contributed by atoms with van der Waals surface area (Å²) in [7, 11) is -5.71. The molecule has 0 aromatic heterocycles. The highest BCUT2D eigenvalue weighted by Crippen LogP contribution is 2.45. The van der Waals surface area contributed by atoms with Crippen molar-refractivity contribution in [3.8, 4) is 5.75 Å². The van der Waals surface area contributed by atoms with Crippen LogP contribution in [0.2, 0.25) is 0 Å². The fourth-order valence-electron chi connectivity index (χ4n) is 4.44. The molecule has 0 fully saturated rings. The molecule has 3 atom stereocenters. The smallest absolute Gasteiger partial charge is 0.317 e. The molecule has 2 N–H and O–H groups in total. The highest BCUT2D eigenvalue weighted by molar-refractivity contribution is 7.85. The second-order valence-corrected chi connectivity index (χ2v) is 11.2. The number of rotatable bonds is 12. The highest BCUT2D eigenvalue weighted by Gasteiger charge is 2.47. The van der Waals surface area contributed by atoms with Crippen LogP contribution in [0.1, 0.15) is 58.4 Å². The van der Waals surface area contributed by atoms with Gasteiger partial charge in [-0.3, -0.25) is 14.1 Å². The van der Waals surface area contributed by atoms with E-state index in [-0.39, 0.29) is 31.8 Å². The number of aliphatic hydroxyl groups is 1. The van der Waals surface area contributed by atoms with Crippen molar-refractivity contribution in [2.24, 2.45) is 10.8 Å². The Morgan fingerprint density at radius 3 is 1.95 bits per heavy atom. The molecule has 2 aromatic rings.